The predicted molar refractivity (Wildman–Crippen MR) is 119 cm³/mol. The second-order valence-corrected chi connectivity index (χ2v) is 7.93. The zero-order valence-electron chi connectivity index (χ0n) is 17.8. The van der Waals surface area contributed by atoms with E-state index in [1.165, 1.54) is 0 Å². The molecule has 1 aliphatic heterocycles. The lowest BCUT2D eigenvalue weighted by molar-refractivity contribution is -0.128. The highest BCUT2D eigenvalue weighted by molar-refractivity contribution is 6.05. The van der Waals surface area contributed by atoms with Crippen molar-refractivity contribution in [2.24, 2.45) is 5.92 Å². The number of aryl methyl sites for hydroxylation is 2. The minimum absolute atomic E-state index is 0.0435. The molecule has 0 aliphatic carbocycles. The molecule has 0 saturated carbocycles. The number of anilines is 2. The number of nitrogens with zero attached hydrogens (tertiary/aromatic N) is 1. The van der Waals surface area contributed by atoms with Crippen LogP contribution < -0.4 is 10.6 Å². The lowest BCUT2D eigenvalue weighted by Crippen LogP contribution is -2.29. The highest BCUT2D eigenvalue weighted by Gasteiger charge is 2.33. The van der Waals surface area contributed by atoms with Crippen LogP contribution in [0.4, 0.5) is 11.4 Å². The van der Waals surface area contributed by atoms with E-state index in [2.05, 4.69) is 17.6 Å². The number of carbonyl (C=O) groups excluding carboxylic acids is 3. The van der Waals surface area contributed by atoms with Crippen molar-refractivity contribution in [3.05, 3.63) is 59.2 Å². The van der Waals surface area contributed by atoms with Crippen molar-refractivity contribution in [2.75, 3.05) is 23.7 Å². The van der Waals surface area contributed by atoms with Gasteiger partial charge >= 0.3 is 0 Å². The summed E-state index contributed by atoms with van der Waals surface area (Å²) >= 11 is 0. The first-order valence-electron chi connectivity index (χ1n) is 10.4. The van der Waals surface area contributed by atoms with Gasteiger partial charge in [-0.15, -0.1) is 0 Å². The number of hydrogen-bond donors (Lipinski definition) is 2. The van der Waals surface area contributed by atoms with Gasteiger partial charge in [0.25, 0.3) is 5.91 Å². The first-order valence-corrected chi connectivity index (χ1v) is 10.4. The van der Waals surface area contributed by atoms with Crippen LogP contribution in [0.25, 0.3) is 0 Å². The highest BCUT2D eigenvalue weighted by Crippen LogP contribution is 2.21. The Kier molecular flexibility index (Phi) is 6.87. The summed E-state index contributed by atoms with van der Waals surface area (Å²) in [4.78, 5) is 38.9. The molecular formula is C24H29N3O3. The smallest absolute Gasteiger partial charge is 0.255 e. The van der Waals surface area contributed by atoms with E-state index in [0.29, 0.717) is 24.3 Å². The first kappa shape index (κ1) is 21.6. The molecule has 30 heavy (non-hydrogen) atoms. The summed E-state index contributed by atoms with van der Waals surface area (Å²) < 4.78 is 0. The molecule has 2 aromatic rings. The zero-order chi connectivity index (χ0) is 21.7. The number of rotatable bonds is 7. The molecular weight excluding hydrogens is 378 g/mol. The number of amides is 3. The molecule has 3 rings (SSSR count). The Labute approximate surface area is 177 Å². The number of carbonyl (C=O) groups is 3. The fourth-order valence-electron chi connectivity index (χ4n) is 3.61. The van der Waals surface area contributed by atoms with Crippen LogP contribution in [0.2, 0.25) is 0 Å². The molecule has 1 fully saturated rings. The summed E-state index contributed by atoms with van der Waals surface area (Å²) in [5, 5.41) is 5.78. The quantitative estimate of drug-likeness (QED) is 0.724. The summed E-state index contributed by atoms with van der Waals surface area (Å²) in [5.74, 6) is -0.647. The van der Waals surface area contributed by atoms with Crippen molar-refractivity contribution < 1.29 is 14.4 Å². The Bertz CT molecular complexity index is 937. The molecule has 0 radical (unpaired) electrons. The van der Waals surface area contributed by atoms with Crippen molar-refractivity contribution in [1.29, 1.82) is 0 Å². The van der Waals surface area contributed by atoms with Crippen LogP contribution in [0, 0.1) is 19.8 Å². The topological polar surface area (TPSA) is 78.5 Å². The maximum atomic E-state index is 12.5. The van der Waals surface area contributed by atoms with E-state index in [-0.39, 0.29) is 30.1 Å². The Morgan fingerprint density at radius 3 is 2.47 bits per heavy atom. The van der Waals surface area contributed by atoms with E-state index in [1.54, 1.807) is 29.2 Å². The Morgan fingerprint density at radius 2 is 1.80 bits per heavy atom. The maximum Gasteiger partial charge on any atom is 0.255 e. The molecule has 1 heterocycles. The predicted octanol–water partition coefficient (Wildman–Crippen LogP) is 4.14. The van der Waals surface area contributed by atoms with Crippen LogP contribution >= 0.6 is 0 Å². The van der Waals surface area contributed by atoms with Crippen LogP contribution in [0.3, 0.4) is 0 Å². The summed E-state index contributed by atoms with van der Waals surface area (Å²) in [5.41, 5.74) is 4.05. The van der Waals surface area contributed by atoms with Crippen molar-refractivity contribution in [1.82, 2.24) is 4.90 Å². The van der Waals surface area contributed by atoms with Gasteiger partial charge in [0.15, 0.2) is 0 Å². The van der Waals surface area contributed by atoms with E-state index >= 15 is 0 Å². The molecule has 0 aromatic heterocycles. The maximum absolute atomic E-state index is 12.5. The van der Waals surface area contributed by atoms with E-state index < -0.39 is 0 Å². The van der Waals surface area contributed by atoms with Gasteiger partial charge in [-0.3, -0.25) is 14.4 Å². The SMILES string of the molecule is CCCCN1C[C@H](C(=O)Nc2ccc(C(=O)Nc3ccc(C)cc3C)cc2)CC1=O. The van der Waals surface area contributed by atoms with Gasteiger partial charge in [-0.2, -0.15) is 0 Å². The number of hydrogen-bond acceptors (Lipinski definition) is 3. The molecule has 1 saturated heterocycles. The van der Waals surface area contributed by atoms with E-state index in [1.807, 2.05) is 32.0 Å². The van der Waals surface area contributed by atoms with Crippen molar-refractivity contribution in [2.45, 2.75) is 40.0 Å². The molecule has 0 spiro atoms. The molecule has 6 nitrogen and oxygen atoms in total. The molecule has 158 valence electrons. The normalized spacial score (nSPS) is 15.9. The van der Waals surface area contributed by atoms with Crippen LogP contribution in [-0.2, 0) is 9.59 Å². The van der Waals surface area contributed by atoms with Gasteiger partial charge in [0, 0.05) is 36.4 Å². The number of benzene rings is 2. The highest BCUT2D eigenvalue weighted by atomic mass is 16.2. The van der Waals surface area contributed by atoms with Gasteiger partial charge in [-0.1, -0.05) is 31.0 Å². The van der Waals surface area contributed by atoms with E-state index in [0.717, 1.165) is 29.7 Å². The van der Waals surface area contributed by atoms with Gasteiger partial charge < -0.3 is 15.5 Å². The minimum atomic E-state index is -0.332. The molecule has 1 aliphatic rings. The number of nitrogens with one attached hydrogen (secondary N) is 2. The van der Waals surface area contributed by atoms with Crippen molar-refractivity contribution in [3.8, 4) is 0 Å². The van der Waals surface area contributed by atoms with E-state index in [9.17, 15) is 14.4 Å². The van der Waals surface area contributed by atoms with Gasteiger partial charge in [-0.25, -0.2) is 0 Å². The largest absolute Gasteiger partial charge is 0.342 e. The Hall–Kier alpha value is -3.15. The number of likely N-dealkylation sites (tertiary alicyclic amines) is 1. The molecule has 2 aromatic carbocycles. The van der Waals surface area contributed by atoms with Gasteiger partial charge in [-0.05, 0) is 56.2 Å². The second-order valence-electron chi connectivity index (χ2n) is 7.93. The summed E-state index contributed by atoms with van der Waals surface area (Å²) in [6, 6.07) is 12.7. The zero-order valence-corrected chi connectivity index (χ0v) is 17.8. The lowest BCUT2D eigenvalue weighted by Gasteiger charge is -2.16. The van der Waals surface area contributed by atoms with Crippen LogP contribution in [0.5, 0.6) is 0 Å². The van der Waals surface area contributed by atoms with Crippen LogP contribution in [-0.4, -0.2) is 35.7 Å². The standard InChI is InChI=1S/C24H29N3O3/c1-4-5-12-27-15-19(14-22(27)28)24(30)25-20-9-7-18(8-10-20)23(29)26-21-11-6-16(2)13-17(21)3/h6-11,13,19H,4-5,12,14-15H2,1-3H3,(H,25,30)(H,26,29)/t19-/m1/s1. The van der Waals surface area contributed by atoms with Crippen LogP contribution in [0.15, 0.2) is 42.5 Å². The third kappa shape index (κ3) is 5.26. The van der Waals surface area contributed by atoms with Gasteiger partial charge in [0.05, 0.1) is 5.92 Å². The third-order valence-electron chi connectivity index (χ3n) is 5.41. The average Bonchev–Trinajstić information content (AvgIpc) is 3.09. The molecule has 0 bridgehead atoms. The van der Waals surface area contributed by atoms with Gasteiger partial charge in [0.1, 0.15) is 0 Å². The molecule has 3 amide bonds. The average molecular weight is 408 g/mol. The Balaban J connectivity index is 1.57. The molecule has 2 N–H and O–H groups in total. The fraction of sp³-hybridized carbons (Fsp3) is 0.375. The second kappa shape index (κ2) is 9.57. The minimum Gasteiger partial charge on any atom is -0.342 e. The van der Waals surface area contributed by atoms with Crippen molar-refractivity contribution >= 4 is 29.1 Å². The third-order valence-corrected chi connectivity index (χ3v) is 5.41. The lowest BCUT2D eigenvalue weighted by atomic mass is 10.1. The number of unbranched alkanes of at least 4 members (excludes halogenated alkanes) is 1. The first-order chi connectivity index (χ1) is 14.4. The fourth-order valence-corrected chi connectivity index (χ4v) is 3.61. The summed E-state index contributed by atoms with van der Waals surface area (Å²) in [6.07, 6.45) is 2.22. The monoisotopic (exact) mass is 407 g/mol. The Morgan fingerprint density at radius 1 is 1.07 bits per heavy atom. The van der Waals surface area contributed by atoms with Gasteiger partial charge in [0.2, 0.25) is 11.8 Å². The van der Waals surface area contributed by atoms with Crippen molar-refractivity contribution in [3.63, 3.8) is 0 Å². The molecule has 0 unspecified atom stereocenters. The summed E-state index contributed by atoms with van der Waals surface area (Å²) in [7, 11) is 0. The molecule has 6 heteroatoms. The summed E-state index contributed by atoms with van der Waals surface area (Å²) in [6.45, 7) is 7.23. The van der Waals surface area contributed by atoms with Crippen LogP contribution in [0.1, 0.15) is 47.7 Å². The van der Waals surface area contributed by atoms with E-state index in [4.69, 9.17) is 0 Å². The molecule has 1 atom stereocenters.